The van der Waals surface area contributed by atoms with E-state index >= 15 is 0 Å². The average Bonchev–Trinajstić information content (AvgIpc) is 2.75. The van der Waals surface area contributed by atoms with Crippen LogP contribution < -0.4 is 16.0 Å². The fourth-order valence-corrected chi connectivity index (χ4v) is 2.10. The number of likely N-dealkylation sites (tertiary alicyclic amines) is 1. The average molecular weight is 270 g/mol. The lowest BCUT2D eigenvalue weighted by atomic mass is 10.1. The van der Waals surface area contributed by atoms with Gasteiger partial charge in [0.2, 0.25) is 5.91 Å². The molecule has 0 aromatic heterocycles. The summed E-state index contributed by atoms with van der Waals surface area (Å²) >= 11 is 0. The van der Waals surface area contributed by atoms with E-state index in [1.165, 1.54) is 0 Å². The van der Waals surface area contributed by atoms with Crippen LogP contribution in [0.5, 0.6) is 0 Å². The Kier molecular flexibility index (Phi) is 6.80. The summed E-state index contributed by atoms with van der Waals surface area (Å²) in [5.41, 5.74) is 0. The van der Waals surface area contributed by atoms with E-state index in [0.29, 0.717) is 18.5 Å². The number of carbonyl (C=O) groups is 2. The Balaban J connectivity index is 2.15. The molecule has 1 saturated heterocycles. The van der Waals surface area contributed by atoms with Gasteiger partial charge in [-0.2, -0.15) is 0 Å². The molecule has 19 heavy (non-hydrogen) atoms. The number of nitrogens with zero attached hydrogens (tertiary/aromatic N) is 1. The van der Waals surface area contributed by atoms with E-state index in [4.69, 9.17) is 0 Å². The van der Waals surface area contributed by atoms with E-state index < -0.39 is 6.03 Å². The van der Waals surface area contributed by atoms with Gasteiger partial charge in [-0.15, -0.1) is 0 Å². The van der Waals surface area contributed by atoms with Crippen LogP contribution in [0.25, 0.3) is 0 Å². The van der Waals surface area contributed by atoms with Crippen LogP contribution in [0.3, 0.4) is 0 Å². The summed E-state index contributed by atoms with van der Waals surface area (Å²) in [5, 5.41) is 8.24. The summed E-state index contributed by atoms with van der Waals surface area (Å²) in [6.45, 7) is 6.83. The number of hydrogen-bond donors (Lipinski definition) is 3. The highest BCUT2D eigenvalue weighted by Gasteiger charge is 2.23. The van der Waals surface area contributed by atoms with Crippen molar-refractivity contribution in [2.45, 2.75) is 32.7 Å². The lowest BCUT2D eigenvalue weighted by molar-refractivity contribution is -0.120. The minimum Gasteiger partial charge on any atom is -0.338 e. The van der Waals surface area contributed by atoms with Gasteiger partial charge in [0.25, 0.3) is 0 Å². The molecule has 1 aliphatic rings. The lowest BCUT2D eigenvalue weighted by Gasteiger charge is -2.15. The first-order valence-corrected chi connectivity index (χ1v) is 6.98. The smallest absolute Gasteiger partial charge is 0.321 e. The van der Waals surface area contributed by atoms with Crippen LogP contribution in [0.1, 0.15) is 26.7 Å². The second-order valence-corrected chi connectivity index (χ2v) is 5.50. The maximum atomic E-state index is 11.7. The number of urea groups is 1. The zero-order valence-corrected chi connectivity index (χ0v) is 12.2. The highest BCUT2D eigenvalue weighted by atomic mass is 16.2. The molecule has 6 heteroatoms. The highest BCUT2D eigenvalue weighted by molar-refractivity contribution is 5.95. The van der Waals surface area contributed by atoms with Crippen molar-refractivity contribution in [1.29, 1.82) is 0 Å². The quantitative estimate of drug-likeness (QED) is 0.642. The fraction of sp³-hybridized carbons (Fsp3) is 0.846. The lowest BCUT2D eigenvalue weighted by Crippen LogP contribution is -2.44. The van der Waals surface area contributed by atoms with Crippen molar-refractivity contribution >= 4 is 11.9 Å². The van der Waals surface area contributed by atoms with Gasteiger partial charge in [0.1, 0.15) is 0 Å². The van der Waals surface area contributed by atoms with Gasteiger partial charge in [-0.25, -0.2) is 4.79 Å². The molecule has 0 bridgehead atoms. The first-order chi connectivity index (χ1) is 9.01. The first-order valence-electron chi connectivity index (χ1n) is 6.98. The minimum absolute atomic E-state index is 0.237. The van der Waals surface area contributed by atoms with E-state index in [0.717, 1.165) is 25.9 Å². The van der Waals surface area contributed by atoms with Crippen molar-refractivity contribution in [1.82, 2.24) is 20.9 Å². The van der Waals surface area contributed by atoms with E-state index in [1.54, 1.807) is 0 Å². The van der Waals surface area contributed by atoms with E-state index in [9.17, 15) is 9.59 Å². The van der Waals surface area contributed by atoms with Crippen LogP contribution in [0.2, 0.25) is 0 Å². The third kappa shape index (κ3) is 6.54. The highest BCUT2D eigenvalue weighted by Crippen LogP contribution is 2.07. The Bertz CT molecular complexity index is 307. The van der Waals surface area contributed by atoms with E-state index in [2.05, 4.69) is 34.7 Å². The Morgan fingerprint density at radius 3 is 2.68 bits per heavy atom. The number of nitrogens with one attached hydrogen (secondary N) is 3. The van der Waals surface area contributed by atoms with Crippen molar-refractivity contribution in [2.75, 3.05) is 33.2 Å². The van der Waals surface area contributed by atoms with Gasteiger partial charge in [-0.05, 0) is 25.8 Å². The molecule has 1 aliphatic heterocycles. The molecular weight excluding hydrogens is 244 g/mol. The Hall–Kier alpha value is -1.14. The molecule has 6 nitrogen and oxygen atoms in total. The van der Waals surface area contributed by atoms with Crippen LogP contribution in [-0.4, -0.2) is 56.1 Å². The van der Waals surface area contributed by atoms with E-state index in [1.807, 2.05) is 7.05 Å². The number of imide groups is 1. The third-order valence-electron chi connectivity index (χ3n) is 3.31. The van der Waals surface area contributed by atoms with E-state index in [-0.39, 0.29) is 12.5 Å². The molecule has 1 atom stereocenters. The summed E-state index contributed by atoms with van der Waals surface area (Å²) in [6.07, 6.45) is 1.96. The molecule has 0 radical (unpaired) electrons. The Labute approximate surface area is 115 Å². The minimum atomic E-state index is -0.394. The fourth-order valence-electron chi connectivity index (χ4n) is 2.10. The zero-order valence-electron chi connectivity index (χ0n) is 12.2. The topological polar surface area (TPSA) is 73.5 Å². The largest absolute Gasteiger partial charge is 0.338 e. The van der Waals surface area contributed by atoms with Crippen molar-refractivity contribution in [3.8, 4) is 0 Å². The summed E-state index contributed by atoms with van der Waals surface area (Å²) in [6, 6.07) is 0.0580. The summed E-state index contributed by atoms with van der Waals surface area (Å²) in [7, 11) is 1.93. The monoisotopic (exact) mass is 270 g/mol. The molecule has 1 fully saturated rings. The van der Waals surface area contributed by atoms with Gasteiger partial charge in [-0.1, -0.05) is 13.8 Å². The standard InChI is InChI=1S/C13H26N4O2/c1-10(2)4-6-15-13(19)16-12(18)9-17-7-5-11(8-17)14-3/h10-11,14H,4-9H2,1-3H3,(H2,15,16,18,19). The van der Waals surface area contributed by atoms with Crippen molar-refractivity contribution in [3.05, 3.63) is 0 Å². The summed E-state index contributed by atoms with van der Waals surface area (Å²) in [4.78, 5) is 25.2. The maximum Gasteiger partial charge on any atom is 0.321 e. The molecular formula is C13H26N4O2. The van der Waals surface area contributed by atoms with Crippen LogP contribution >= 0.6 is 0 Å². The molecule has 0 aromatic rings. The van der Waals surface area contributed by atoms with Gasteiger partial charge in [0, 0.05) is 25.7 Å². The van der Waals surface area contributed by atoms with Crippen molar-refractivity contribution < 1.29 is 9.59 Å². The van der Waals surface area contributed by atoms with Crippen molar-refractivity contribution in [2.24, 2.45) is 5.92 Å². The number of carbonyl (C=O) groups excluding carboxylic acids is 2. The zero-order chi connectivity index (χ0) is 14.3. The normalized spacial score (nSPS) is 19.7. The molecule has 3 amide bonds. The second kappa shape index (κ2) is 8.12. The van der Waals surface area contributed by atoms with Gasteiger partial charge >= 0.3 is 6.03 Å². The molecule has 0 saturated carbocycles. The first kappa shape index (κ1) is 15.9. The van der Waals surface area contributed by atoms with Gasteiger partial charge in [-0.3, -0.25) is 15.0 Å². The van der Waals surface area contributed by atoms with Crippen LogP contribution in [0, 0.1) is 5.92 Å². The summed E-state index contributed by atoms with van der Waals surface area (Å²) in [5.74, 6) is 0.304. The van der Waals surface area contributed by atoms with Crippen molar-refractivity contribution in [3.63, 3.8) is 0 Å². The van der Waals surface area contributed by atoms with Crippen LogP contribution in [-0.2, 0) is 4.79 Å². The molecule has 3 N–H and O–H groups in total. The number of rotatable bonds is 6. The third-order valence-corrected chi connectivity index (χ3v) is 3.31. The molecule has 1 unspecified atom stereocenters. The molecule has 0 aliphatic carbocycles. The SMILES string of the molecule is CNC1CCN(CC(=O)NC(=O)NCCC(C)C)C1. The van der Waals surface area contributed by atoms with Crippen LogP contribution in [0.4, 0.5) is 4.79 Å². The second-order valence-electron chi connectivity index (χ2n) is 5.50. The molecule has 110 valence electrons. The van der Waals surface area contributed by atoms with Gasteiger partial charge in [0.05, 0.1) is 6.54 Å². The molecule has 1 rings (SSSR count). The molecule has 0 spiro atoms. The predicted octanol–water partition coefficient (Wildman–Crippen LogP) is 0.152. The van der Waals surface area contributed by atoms with Gasteiger partial charge in [0.15, 0.2) is 0 Å². The number of likely N-dealkylation sites (N-methyl/N-ethyl adjacent to an activating group) is 1. The molecule has 1 heterocycles. The van der Waals surface area contributed by atoms with Gasteiger partial charge < -0.3 is 10.6 Å². The number of amides is 3. The Morgan fingerprint density at radius 1 is 1.37 bits per heavy atom. The summed E-state index contributed by atoms with van der Waals surface area (Å²) < 4.78 is 0. The molecule has 0 aromatic carbocycles. The maximum absolute atomic E-state index is 11.7. The predicted molar refractivity (Wildman–Crippen MR) is 74.9 cm³/mol. The van der Waals surface area contributed by atoms with Crippen LogP contribution in [0.15, 0.2) is 0 Å². The Morgan fingerprint density at radius 2 is 2.11 bits per heavy atom. The number of hydrogen-bond acceptors (Lipinski definition) is 4.